The monoisotopic (exact) mass is 369 g/mol. The van der Waals surface area contributed by atoms with Crippen LogP contribution in [0.1, 0.15) is 40.0 Å². The zero-order valence-corrected chi connectivity index (χ0v) is 17.1. The second-order valence-electron chi connectivity index (χ2n) is 7.73. The molecule has 1 fully saturated rings. The molecule has 2 N–H and O–H groups in total. The van der Waals surface area contributed by atoms with Crippen molar-refractivity contribution < 1.29 is 0 Å². The highest BCUT2D eigenvalue weighted by Crippen LogP contribution is 2.15. The molecule has 1 aromatic heterocycles. The van der Waals surface area contributed by atoms with Gasteiger partial charge in [0.05, 0.1) is 0 Å². The second-order valence-corrected chi connectivity index (χ2v) is 7.73. The molecule has 148 valence electrons. The van der Waals surface area contributed by atoms with E-state index in [4.69, 9.17) is 4.99 Å². The van der Waals surface area contributed by atoms with Gasteiger partial charge in [-0.25, -0.2) is 0 Å². The molecule has 1 aromatic carbocycles. The summed E-state index contributed by atoms with van der Waals surface area (Å²) in [5.74, 6) is 0.970. The molecule has 0 aliphatic carbocycles. The molecule has 0 radical (unpaired) electrons. The third kappa shape index (κ3) is 5.48. The van der Waals surface area contributed by atoms with Gasteiger partial charge in [-0.3, -0.25) is 4.99 Å². The molecule has 5 nitrogen and oxygen atoms in total. The molecular formula is C22H35N5. The number of hydrogen-bond donors (Lipinski definition) is 2. The number of piperidine rings is 1. The maximum Gasteiger partial charge on any atom is 0.191 e. The van der Waals surface area contributed by atoms with Gasteiger partial charge in [0.1, 0.15) is 0 Å². The predicted molar refractivity (Wildman–Crippen MR) is 115 cm³/mol. The Hall–Kier alpha value is -2.01. The fraction of sp³-hybridized carbons (Fsp3) is 0.591. The molecule has 1 saturated heterocycles. The Labute approximate surface area is 163 Å². The minimum absolute atomic E-state index is 0.534. The molecule has 0 bridgehead atoms. The largest absolute Gasteiger partial charge is 0.357 e. The molecule has 0 saturated carbocycles. The van der Waals surface area contributed by atoms with Gasteiger partial charge in [0.15, 0.2) is 5.96 Å². The maximum atomic E-state index is 4.81. The molecular weight excluding hydrogens is 334 g/mol. The standard InChI is InChI=1S/C22H35N5/c1-4-23-22(25-20-11-16-26(17-12-20)18(2)3)24-13-7-14-27-15-10-19-8-5-6-9-21(19)27/h5-6,8-10,15,18,20H,4,7,11-14,16-17H2,1-3H3,(H2,23,24,25). The number of para-hydroxylation sites is 1. The number of rotatable bonds is 7. The summed E-state index contributed by atoms with van der Waals surface area (Å²) in [6, 6.07) is 11.9. The summed E-state index contributed by atoms with van der Waals surface area (Å²) < 4.78 is 2.33. The van der Waals surface area contributed by atoms with Crippen LogP contribution in [-0.2, 0) is 6.54 Å². The van der Waals surface area contributed by atoms with Crippen LogP contribution >= 0.6 is 0 Å². The zero-order chi connectivity index (χ0) is 19.1. The summed E-state index contributed by atoms with van der Waals surface area (Å²) in [5, 5.41) is 8.36. The Kier molecular flexibility index (Phi) is 7.16. The van der Waals surface area contributed by atoms with E-state index < -0.39 is 0 Å². The number of aryl methyl sites for hydroxylation is 1. The topological polar surface area (TPSA) is 44.6 Å². The minimum Gasteiger partial charge on any atom is -0.357 e. The zero-order valence-electron chi connectivity index (χ0n) is 17.1. The lowest BCUT2D eigenvalue weighted by Gasteiger charge is -2.35. The van der Waals surface area contributed by atoms with E-state index in [-0.39, 0.29) is 0 Å². The van der Waals surface area contributed by atoms with Crippen LogP contribution in [0.25, 0.3) is 10.9 Å². The number of fused-ring (bicyclic) bond motifs is 1. The second kappa shape index (κ2) is 9.79. The lowest BCUT2D eigenvalue weighted by atomic mass is 10.0. The molecule has 0 spiro atoms. The van der Waals surface area contributed by atoms with Gasteiger partial charge >= 0.3 is 0 Å². The highest BCUT2D eigenvalue weighted by atomic mass is 15.2. The van der Waals surface area contributed by atoms with Crippen LogP contribution in [0.15, 0.2) is 41.5 Å². The van der Waals surface area contributed by atoms with E-state index in [1.165, 1.54) is 36.8 Å². The number of hydrogen-bond acceptors (Lipinski definition) is 2. The van der Waals surface area contributed by atoms with Crippen molar-refractivity contribution in [3.05, 3.63) is 36.5 Å². The third-order valence-corrected chi connectivity index (χ3v) is 5.45. The molecule has 0 amide bonds. The Bertz CT molecular complexity index is 725. The normalized spacial score (nSPS) is 17.0. The van der Waals surface area contributed by atoms with E-state index >= 15 is 0 Å². The first-order chi connectivity index (χ1) is 13.2. The number of aromatic nitrogens is 1. The van der Waals surface area contributed by atoms with Crippen LogP contribution < -0.4 is 10.6 Å². The SMILES string of the molecule is CCNC(=NCCCn1ccc2ccccc21)NC1CCN(C(C)C)CC1. The van der Waals surface area contributed by atoms with E-state index in [2.05, 4.69) is 77.4 Å². The first-order valence-corrected chi connectivity index (χ1v) is 10.5. The summed E-state index contributed by atoms with van der Waals surface area (Å²) >= 11 is 0. The van der Waals surface area contributed by atoms with E-state index in [0.29, 0.717) is 12.1 Å². The molecule has 3 rings (SSSR count). The predicted octanol–water partition coefficient (Wildman–Crippen LogP) is 3.46. The number of likely N-dealkylation sites (tertiary alicyclic amines) is 1. The van der Waals surface area contributed by atoms with Gasteiger partial charge in [-0.1, -0.05) is 18.2 Å². The van der Waals surface area contributed by atoms with Gasteiger partial charge in [0.2, 0.25) is 0 Å². The third-order valence-electron chi connectivity index (χ3n) is 5.45. The Balaban J connectivity index is 1.47. The van der Waals surface area contributed by atoms with Crippen molar-refractivity contribution in [3.63, 3.8) is 0 Å². The lowest BCUT2D eigenvalue weighted by Crippen LogP contribution is -2.49. The summed E-state index contributed by atoms with van der Waals surface area (Å²) in [6.07, 6.45) is 5.61. The van der Waals surface area contributed by atoms with E-state index in [9.17, 15) is 0 Å². The van der Waals surface area contributed by atoms with E-state index in [1.54, 1.807) is 0 Å². The smallest absolute Gasteiger partial charge is 0.191 e. The van der Waals surface area contributed by atoms with Crippen LogP contribution in [0.4, 0.5) is 0 Å². The van der Waals surface area contributed by atoms with Gasteiger partial charge in [0.25, 0.3) is 0 Å². The highest BCUT2D eigenvalue weighted by molar-refractivity contribution is 5.80. The minimum atomic E-state index is 0.534. The Morgan fingerprint density at radius 2 is 1.96 bits per heavy atom. The fourth-order valence-corrected chi connectivity index (χ4v) is 3.84. The molecule has 2 aromatic rings. The van der Waals surface area contributed by atoms with Crippen LogP contribution in [-0.4, -0.2) is 53.7 Å². The van der Waals surface area contributed by atoms with Crippen molar-refractivity contribution in [2.75, 3.05) is 26.2 Å². The van der Waals surface area contributed by atoms with E-state index in [1.807, 2.05) is 0 Å². The van der Waals surface area contributed by atoms with Crippen LogP contribution in [0.3, 0.4) is 0 Å². The maximum absolute atomic E-state index is 4.81. The molecule has 0 atom stereocenters. The van der Waals surface area contributed by atoms with E-state index in [0.717, 1.165) is 32.0 Å². The fourth-order valence-electron chi connectivity index (χ4n) is 3.84. The van der Waals surface area contributed by atoms with Gasteiger partial charge in [0, 0.05) is 56.5 Å². The molecule has 27 heavy (non-hydrogen) atoms. The molecule has 1 aliphatic rings. The summed E-state index contributed by atoms with van der Waals surface area (Å²) in [5.41, 5.74) is 1.31. The quantitative estimate of drug-likeness (QED) is 0.446. The van der Waals surface area contributed by atoms with Gasteiger partial charge in [-0.05, 0) is 57.6 Å². The summed E-state index contributed by atoms with van der Waals surface area (Å²) in [4.78, 5) is 7.37. The van der Waals surface area contributed by atoms with Crippen molar-refractivity contribution in [3.8, 4) is 0 Å². The number of nitrogens with zero attached hydrogens (tertiary/aromatic N) is 3. The first-order valence-electron chi connectivity index (χ1n) is 10.5. The first kappa shape index (κ1) is 19.7. The Morgan fingerprint density at radius 3 is 2.70 bits per heavy atom. The van der Waals surface area contributed by atoms with Crippen molar-refractivity contribution in [1.82, 2.24) is 20.1 Å². The average molecular weight is 370 g/mol. The molecule has 2 heterocycles. The molecule has 5 heteroatoms. The summed E-state index contributed by atoms with van der Waals surface area (Å²) in [7, 11) is 0. The van der Waals surface area contributed by atoms with Crippen molar-refractivity contribution in [1.29, 1.82) is 0 Å². The van der Waals surface area contributed by atoms with Gasteiger partial charge < -0.3 is 20.1 Å². The number of benzene rings is 1. The van der Waals surface area contributed by atoms with Crippen LogP contribution in [0.2, 0.25) is 0 Å². The number of guanidine groups is 1. The Morgan fingerprint density at radius 1 is 1.19 bits per heavy atom. The molecule has 1 aliphatic heterocycles. The van der Waals surface area contributed by atoms with Gasteiger partial charge in [-0.2, -0.15) is 0 Å². The number of nitrogens with one attached hydrogen (secondary N) is 2. The van der Waals surface area contributed by atoms with Gasteiger partial charge in [-0.15, -0.1) is 0 Å². The van der Waals surface area contributed by atoms with Crippen molar-refractivity contribution in [2.24, 2.45) is 4.99 Å². The van der Waals surface area contributed by atoms with Crippen molar-refractivity contribution in [2.45, 2.75) is 58.7 Å². The lowest BCUT2D eigenvalue weighted by molar-refractivity contribution is 0.167. The number of aliphatic imine (C=N–C) groups is 1. The van der Waals surface area contributed by atoms with Crippen molar-refractivity contribution >= 4 is 16.9 Å². The highest BCUT2D eigenvalue weighted by Gasteiger charge is 2.21. The summed E-state index contributed by atoms with van der Waals surface area (Å²) in [6.45, 7) is 11.8. The molecule has 0 unspecified atom stereocenters. The average Bonchev–Trinajstić information content (AvgIpc) is 3.09. The van der Waals surface area contributed by atoms with Crippen LogP contribution in [0.5, 0.6) is 0 Å². The van der Waals surface area contributed by atoms with Crippen LogP contribution in [0, 0.1) is 0 Å².